The zero-order valence-corrected chi connectivity index (χ0v) is 10.6. The minimum absolute atomic E-state index is 0.210. The fourth-order valence-corrected chi connectivity index (χ4v) is 2.19. The van der Waals surface area contributed by atoms with Gasteiger partial charge in [0.25, 0.3) is 5.56 Å². The van der Waals surface area contributed by atoms with Crippen molar-refractivity contribution in [2.24, 2.45) is 0 Å². The fourth-order valence-electron chi connectivity index (χ4n) is 1.37. The number of nitrogens with two attached hydrogens (primary N) is 1. The second-order valence-electron chi connectivity index (χ2n) is 3.48. The first-order chi connectivity index (χ1) is 8.67. The second kappa shape index (κ2) is 5.54. The van der Waals surface area contributed by atoms with Gasteiger partial charge in [-0.1, -0.05) is 11.8 Å². The van der Waals surface area contributed by atoms with E-state index in [-0.39, 0.29) is 11.4 Å². The lowest BCUT2D eigenvalue weighted by atomic mass is 10.4. The minimum atomic E-state index is -0.258. The maximum atomic E-state index is 11.3. The lowest BCUT2D eigenvalue weighted by Crippen LogP contribution is -2.09. The van der Waals surface area contributed by atoms with Gasteiger partial charge in [-0.3, -0.25) is 4.79 Å². The van der Waals surface area contributed by atoms with Crippen molar-refractivity contribution in [2.75, 3.05) is 17.6 Å². The van der Waals surface area contributed by atoms with Crippen molar-refractivity contribution in [3.63, 3.8) is 0 Å². The Morgan fingerprint density at radius 2 is 2.33 bits per heavy atom. The van der Waals surface area contributed by atoms with E-state index < -0.39 is 0 Å². The third-order valence-corrected chi connectivity index (χ3v) is 2.92. The van der Waals surface area contributed by atoms with Crippen LogP contribution in [0.5, 0.6) is 0 Å². The van der Waals surface area contributed by atoms with Crippen molar-refractivity contribution in [3.8, 4) is 0 Å². The molecule has 0 aromatic carbocycles. The number of pyridine rings is 1. The third-order valence-electron chi connectivity index (χ3n) is 2.04. The van der Waals surface area contributed by atoms with Crippen molar-refractivity contribution in [1.82, 2.24) is 15.0 Å². The Bertz CT molecular complexity index is 598. The van der Waals surface area contributed by atoms with Crippen LogP contribution >= 0.6 is 11.8 Å². The molecule has 0 unspecified atom stereocenters. The van der Waals surface area contributed by atoms with E-state index in [4.69, 9.17) is 5.73 Å². The predicted octanol–water partition coefficient (Wildman–Crippen LogP) is 1.33. The van der Waals surface area contributed by atoms with Crippen LogP contribution in [-0.4, -0.2) is 21.5 Å². The van der Waals surface area contributed by atoms with E-state index in [9.17, 15) is 4.79 Å². The summed E-state index contributed by atoms with van der Waals surface area (Å²) < 4.78 is 0. The van der Waals surface area contributed by atoms with Gasteiger partial charge in [-0.05, 0) is 19.1 Å². The molecule has 4 N–H and O–H groups in total. The number of hydrogen-bond acceptors (Lipinski definition) is 6. The van der Waals surface area contributed by atoms with Crippen molar-refractivity contribution < 1.29 is 0 Å². The molecule has 0 fully saturated rings. The molecule has 2 heterocycles. The van der Waals surface area contributed by atoms with Gasteiger partial charge in [0.1, 0.15) is 11.6 Å². The lowest BCUT2D eigenvalue weighted by Gasteiger charge is -2.04. The Hall–Kier alpha value is -2.02. The van der Waals surface area contributed by atoms with Gasteiger partial charge in [-0.25, -0.2) is 9.97 Å². The van der Waals surface area contributed by atoms with Crippen LogP contribution in [0.25, 0.3) is 0 Å². The Kier molecular flexibility index (Phi) is 3.83. The first-order valence-electron chi connectivity index (χ1n) is 5.42. The Labute approximate surface area is 108 Å². The van der Waals surface area contributed by atoms with Gasteiger partial charge >= 0.3 is 0 Å². The van der Waals surface area contributed by atoms with Crippen LogP contribution in [0.1, 0.15) is 6.92 Å². The van der Waals surface area contributed by atoms with Gasteiger partial charge in [0.2, 0.25) is 0 Å². The Morgan fingerprint density at radius 3 is 3.06 bits per heavy atom. The van der Waals surface area contributed by atoms with Crippen LogP contribution in [0.15, 0.2) is 39.2 Å². The van der Waals surface area contributed by atoms with Crippen molar-refractivity contribution in [1.29, 1.82) is 0 Å². The molecule has 0 atom stereocenters. The van der Waals surface area contributed by atoms with Gasteiger partial charge in [0.15, 0.2) is 5.16 Å². The average Bonchev–Trinajstić information content (AvgIpc) is 2.28. The molecule has 18 heavy (non-hydrogen) atoms. The fraction of sp³-hybridized carbons (Fsp3) is 0.182. The minimum Gasteiger partial charge on any atom is -0.383 e. The van der Waals surface area contributed by atoms with Gasteiger partial charge in [0, 0.05) is 23.7 Å². The molecule has 6 nitrogen and oxygen atoms in total. The SMILES string of the molecule is CCNc1cc(Sc2nc(N)cc(=O)[nH]2)ccn1. The number of rotatable bonds is 4. The highest BCUT2D eigenvalue weighted by molar-refractivity contribution is 7.99. The van der Waals surface area contributed by atoms with Crippen molar-refractivity contribution >= 4 is 23.4 Å². The van der Waals surface area contributed by atoms with Crippen LogP contribution in [0.3, 0.4) is 0 Å². The smallest absolute Gasteiger partial charge is 0.253 e. The quantitative estimate of drug-likeness (QED) is 0.720. The van der Waals surface area contributed by atoms with Crippen LogP contribution in [0, 0.1) is 0 Å². The highest BCUT2D eigenvalue weighted by atomic mass is 32.2. The molecule has 0 saturated heterocycles. The summed E-state index contributed by atoms with van der Waals surface area (Å²) in [5, 5.41) is 3.58. The number of anilines is 2. The van der Waals surface area contributed by atoms with E-state index in [1.54, 1.807) is 6.20 Å². The summed E-state index contributed by atoms with van der Waals surface area (Å²) in [6, 6.07) is 4.98. The maximum Gasteiger partial charge on any atom is 0.253 e. The molecule has 0 amide bonds. The van der Waals surface area contributed by atoms with E-state index in [1.807, 2.05) is 19.1 Å². The summed E-state index contributed by atoms with van der Waals surface area (Å²) >= 11 is 1.33. The van der Waals surface area contributed by atoms with Crippen LogP contribution in [0.4, 0.5) is 11.6 Å². The first-order valence-corrected chi connectivity index (χ1v) is 6.23. The van der Waals surface area contributed by atoms with Crippen molar-refractivity contribution in [2.45, 2.75) is 17.0 Å². The van der Waals surface area contributed by atoms with Gasteiger partial charge in [-0.15, -0.1) is 0 Å². The maximum absolute atomic E-state index is 11.3. The highest BCUT2D eigenvalue weighted by Gasteiger charge is 2.03. The summed E-state index contributed by atoms with van der Waals surface area (Å²) in [7, 11) is 0. The van der Waals surface area contributed by atoms with Crippen LogP contribution in [-0.2, 0) is 0 Å². The predicted molar refractivity (Wildman–Crippen MR) is 71.8 cm³/mol. The monoisotopic (exact) mass is 263 g/mol. The average molecular weight is 263 g/mol. The lowest BCUT2D eigenvalue weighted by molar-refractivity contribution is 0.945. The topological polar surface area (TPSA) is 96.7 Å². The van der Waals surface area contributed by atoms with Crippen LogP contribution < -0.4 is 16.6 Å². The molecule has 0 spiro atoms. The zero-order valence-electron chi connectivity index (χ0n) is 9.80. The van der Waals surface area contributed by atoms with E-state index in [0.29, 0.717) is 5.16 Å². The molecule has 2 aromatic heterocycles. The summed E-state index contributed by atoms with van der Waals surface area (Å²) in [5.74, 6) is 0.996. The normalized spacial score (nSPS) is 10.3. The molecular weight excluding hydrogens is 250 g/mol. The number of aromatic amines is 1. The van der Waals surface area contributed by atoms with Gasteiger partial charge in [0.05, 0.1) is 0 Å². The van der Waals surface area contributed by atoms with E-state index in [0.717, 1.165) is 17.3 Å². The zero-order chi connectivity index (χ0) is 13.0. The molecular formula is C11H13N5OS. The Morgan fingerprint density at radius 1 is 1.50 bits per heavy atom. The number of nitrogens with zero attached hydrogens (tertiary/aromatic N) is 2. The largest absolute Gasteiger partial charge is 0.383 e. The summed E-state index contributed by atoms with van der Waals surface area (Å²) in [4.78, 5) is 23.0. The van der Waals surface area contributed by atoms with E-state index >= 15 is 0 Å². The molecule has 7 heteroatoms. The van der Waals surface area contributed by atoms with E-state index in [2.05, 4.69) is 20.3 Å². The first kappa shape index (κ1) is 12.4. The molecule has 0 aliphatic carbocycles. The summed E-state index contributed by atoms with van der Waals surface area (Å²) in [6.45, 7) is 2.80. The number of nitrogens with one attached hydrogen (secondary N) is 2. The molecule has 0 aliphatic heterocycles. The summed E-state index contributed by atoms with van der Waals surface area (Å²) in [6.07, 6.45) is 1.70. The number of H-pyrrole nitrogens is 1. The second-order valence-corrected chi connectivity index (χ2v) is 4.55. The van der Waals surface area contributed by atoms with Gasteiger partial charge in [-0.2, -0.15) is 0 Å². The highest BCUT2D eigenvalue weighted by Crippen LogP contribution is 2.25. The molecule has 0 aliphatic rings. The van der Waals surface area contributed by atoms with E-state index in [1.165, 1.54) is 17.8 Å². The van der Waals surface area contributed by atoms with Crippen LogP contribution in [0.2, 0.25) is 0 Å². The molecule has 0 bridgehead atoms. The third kappa shape index (κ3) is 3.24. The molecule has 94 valence electrons. The van der Waals surface area contributed by atoms with Gasteiger partial charge < -0.3 is 16.0 Å². The Balaban J connectivity index is 2.22. The number of hydrogen-bond donors (Lipinski definition) is 3. The number of aromatic nitrogens is 3. The molecule has 0 radical (unpaired) electrons. The standard InChI is InChI=1S/C11H13N5OS/c1-2-13-9-5-7(3-4-14-9)18-11-15-8(12)6-10(17)16-11/h3-6H,2H2,1H3,(H,13,14)(H3,12,15,16,17). The van der Waals surface area contributed by atoms with Crippen molar-refractivity contribution in [3.05, 3.63) is 34.7 Å². The number of nitrogen functional groups attached to an aromatic ring is 1. The summed E-state index contributed by atoms with van der Waals surface area (Å²) in [5.41, 5.74) is 5.26. The molecule has 0 saturated carbocycles. The molecule has 2 rings (SSSR count). The molecule has 2 aromatic rings.